The topological polar surface area (TPSA) is 152 Å². The van der Waals surface area contributed by atoms with Crippen LogP contribution >= 0.6 is 0 Å². The molecule has 59 heavy (non-hydrogen) atoms. The van der Waals surface area contributed by atoms with Gasteiger partial charge in [0.05, 0.1) is 13.2 Å². The maximum atomic E-state index is 12.8. The fourth-order valence-corrected chi connectivity index (χ4v) is 6.95. The van der Waals surface area contributed by atoms with E-state index in [1.807, 2.05) is 0 Å². The van der Waals surface area contributed by atoms with Crippen molar-refractivity contribution in [1.82, 2.24) is 0 Å². The second-order valence-electron chi connectivity index (χ2n) is 16.2. The number of ether oxygens (including phenoxy) is 4. The van der Waals surface area contributed by atoms with Crippen molar-refractivity contribution >= 4 is 11.9 Å². The van der Waals surface area contributed by atoms with Gasteiger partial charge in [-0.2, -0.15) is 0 Å². The molecule has 0 saturated carbocycles. The first-order valence-corrected chi connectivity index (χ1v) is 23.7. The van der Waals surface area contributed by atoms with E-state index in [0.29, 0.717) is 12.8 Å². The lowest BCUT2D eigenvalue weighted by Crippen LogP contribution is -2.59. The summed E-state index contributed by atoms with van der Waals surface area (Å²) in [6, 6.07) is 0. The highest BCUT2D eigenvalue weighted by atomic mass is 16.7. The lowest BCUT2D eigenvalue weighted by molar-refractivity contribution is -0.305. The Balaban J connectivity index is 2.34. The molecule has 10 nitrogen and oxygen atoms in total. The van der Waals surface area contributed by atoms with E-state index >= 15 is 0 Å². The van der Waals surface area contributed by atoms with Crippen LogP contribution in [0.5, 0.6) is 0 Å². The van der Waals surface area contributed by atoms with Crippen LogP contribution in [0.25, 0.3) is 0 Å². The molecule has 1 rings (SSSR count). The van der Waals surface area contributed by atoms with E-state index in [4.69, 9.17) is 18.9 Å². The molecule has 1 fully saturated rings. The largest absolute Gasteiger partial charge is 0.462 e. The summed E-state index contributed by atoms with van der Waals surface area (Å²) in [5.41, 5.74) is 0. The molecular weight excluding hydrogens is 749 g/mol. The van der Waals surface area contributed by atoms with Gasteiger partial charge in [0.1, 0.15) is 31.0 Å². The Morgan fingerprint density at radius 2 is 0.966 bits per heavy atom. The maximum absolute atomic E-state index is 12.8. The molecule has 1 heterocycles. The molecule has 0 aromatic rings. The SMILES string of the molecule is CCCCCCCCC/C=C/C/C=C/C/C=C/C/C=C/CCCC(=O)OC[C@@H](CO[C@H]1O[C@@H](CO)[C@@H](O)C(O)C1O)OC(=O)CCCCCCCCCCCCCCC. The maximum Gasteiger partial charge on any atom is 0.306 e. The van der Waals surface area contributed by atoms with E-state index in [2.05, 4.69) is 62.5 Å². The standard InChI is InChI=1S/C49H86O10/c1-3-5-7-9-11-13-15-17-18-19-20-21-22-23-24-26-27-29-31-33-35-37-44(51)56-40-42(41-57-49-48(55)47(54)46(53)43(39-50)59-49)58-45(52)38-36-34-32-30-28-25-16-14-12-10-8-6-4-2/h18-19,21-22,24,26,29,31,42-43,46-50,53-55H,3-17,20,23,25,27-28,30,32-41H2,1-2H3/b19-18+,22-21+,26-24+,31-29+/t42-,43-,46+,47?,48?,49-/m0/s1. The first-order valence-electron chi connectivity index (χ1n) is 23.7. The zero-order valence-electron chi connectivity index (χ0n) is 37.2. The molecular formula is C49H86O10. The molecule has 1 aliphatic rings. The van der Waals surface area contributed by atoms with Gasteiger partial charge in [0.25, 0.3) is 0 Å². The molecule has 0 radical (unpaired) electrons. The van der Waals surface area contributed by atoms with Crippen LogP contribution in [0.2, 0.25) is 0 Å². The van der Waals surface area contributed by atoms with Crippen LogP contribution in [0.1, 0.15) is 194 Å². The van der Waals surface area contributed by atoms with Crippen LogP contribution in [0, 0.1) is 0 Å². The smallest absolute Gasteiger partial charge is 0.306 e. The van der Waals surface area contributed by atoms with Gasteiger partial charge in [-0.3, -0.25) is 9.59 Å². The lowest BCUT2D eigenvalue weighted by atomic mass is 9.99. The first kappa shape index (κ1) is 54.7. The van der Waals surface area contributed by atoms with Crippen molar-refractivity contribution in [3.63, 3.8) is 0 Å². The van der Waals surface area contributed by atoms with Crippen LogP contribution in [-0.2, 0) is 28.5 Å². The number of aliphatic hydroxyl groups is 4. The number of esters is 2. The van der Waals surface area contributed by atoms with Crippen LogP contribution < -0.4 is 0 Å². The van der Waals surface area contributed by atoms with Crippen LogP contribution in [0.15, 0.2) is 48.6 Å². The average molecular weight is 835 g/mol. The van der Waals surface area contributed by atoms with Crippen molar-refractivity contribution in [2.75, 3.05) is 19.8 Å². The average Bonchev–Trinajstić information content (AvgIpc) is 3.23. The summed E-state index contributed by atoms with van der Waals surface area (Å²) in [5.74, 6) is -0.869. The summed E-state index contributed by atoms with van der Waals surface area (Å²) in [5, 5.41) is 40.1. The highest BCUT2D eigenvalue weighted by Gasteiger charge is 2.44. The van der Waals surface area contributed by atoms with Crippen molar-refractivity contribution in [2.24, 2.45) is 0 Å². The number of unbranched alkanes of at least 4 members (excludes halogenated alkanes) is 20. The minimum absolute atomic E-state index is 0.200. The zero-order chi connectivity index (χ0) is 43.0. The Labute approximate surface area is 358 Å². The summed E-state index contributed by atoms with van der Waals surface area (Å²) in [6.07, 6.45) is 39.8. The molecule has 0 aromatic carbocycles. The Kier molecular flexibility index (Phi) is 36.9. The van der Waals surface area contributed by atoms with Gasteiger partial charge in [0, 0.05) is 12.8 Å². The number of allylic oxidation sites excluding steroid dienone is 8. The summed E-state index contributed by atoms with van der Waals surface area (Å²) in [6.45, 7) is 3.37. The Hall–Kier alpha value is -2.34. The quantitative estimate of drug-likeness (QED) is 0.0267. The minimum Gasteiger partial charge on any atom is -0.462 e. The van der Waals surface area contributed by atoms with E-state index in [9.17, 15) is 30.0 Å². The molecule has 0 aromatic heterocycles. The summed E-state index contributed by atoms with van der Waals surface area (Å²) >= 11 is 0. The molecule has 0 aliphatic carbocycles. The van der Waals surface area contributed by atoms with E-state index < -0.39 is 55.4 Å². The van der Waals surface area contributed by atoms with Crippen molar-refractivity contribution in [1.29, 1.82) is 0 Å². The molecule has 0 amide bonds. The van der Waals surface area contributed by atoms with Gasteiger partial charge in [0.2, 0.25) is 0 Å². The summed E-state index contributed by atoms with van der Waals surface area (Å²) in [4.78, 5) is 25.3. The predicted molar refractivity (Wildman–Crippen MR) is 238 cm³/mol. The Morgan fingerprint density at radius 3 is 1.47 bits per heavy atom. The molecule has 0 spiro atoms. The van der Waals surface area contributed by atoms with Crippen molar-refractivity contribution in [2.45, 2.75) is 230 Å². The third kappa shape index (κ3) is 31.2. The molecule has 4 N–H and O–H groups in total. The second-order valence-corrected chi connectivity index (χ2v) is 16.2. The summed E-state index contributed by atoms with van der Waals surface area (Å²) in [7, 11) is 0. The fourth-order valence-electron chi connectivity index (χ4n) is 6.95. The lowest BCUT2D eigenvalue weighted by Gasteiger charge is -2.39. The predicted octanol–water partition coefficient (Wildman–Crippen LogP) is 10.4. The van der Waals surface area contributed by atoms with Gasteiger partial charge in [-0.1, -0.05) is 178 Å². The minimum atomic E-state index is -1.60. The van der Waals surface area contributed by atoms with E-state index in [0.717, 1.165) is 44.9 Å². The number of carbonyl (C=O) groups excluding carboxylic acids is 2. The molecule has 10 heteroatoms. The van der Waals surface area contributed by atoms with Crippen LogP contribution in [0.3, 0.4) is 0 Å². The number of aliphatic hydroxyl groups excluding tert-OH is 4. The highest BCUT2D eigenvalue weighted by molar-refractivity contribution is 5.70. The van der Waals surface area contributed by atoms with Gasteiger partial charge in [-0.05, 0) is 51.4 Å². The van der Waals surface area contributed by atoms with Crippen LogP contribution in [-0.4, -0.2) is 89.0 Å². The number of hydrogen-bond donors (Lipinski definition) is 4. The Bertz CT molecular complexity index is 1100. The second kappa shape index (κ2) is 39.8. The van der Waals surface area contributed by atoms with E-state index in [1.54, 1.807) is 0 Å². The molecule has 6 atom stereocenters. The zero-order valence-corrected chi connectivity index (χ0v) is 37.2. The Morgan fingerprint density at radius 1 is 0.525 bits per heavy atom. The normalized spacial score (nSPS) is 20.4. The van der Waals surface area contributed by atoms with E-state index in [1.165, 1.54) is 109 Å². The van der Waals surface area contributed by atoms with E-state index in [-0.39, 0.29) is 26.1 Å². The van der Waals surface area contributed by atoms with Gasteiger partial charge in [-0.15, -0.1) is 0 Å². The van der Waals surface area contributed by atoms with Crippen LogP contribution in [0.4, 0.5) is 0 Å². The van der Waals surface area contributed by atoms with Crippen molar-refractivity contribution < 1.29 is 49.0 Å². The molecule has 1 saturated heterocycles. The van der Waals surface area contributed by atoms with Gasteiger partial charge >= 0.3 is 11.9 Å². The van der Waals surface area contributed by atoms with Crippen molar-refractivity contribution in [3.8, 4) is 0 Å². The molecule has 2 unspecified atom stereocenters. The summed E-state index contributed by atoms with van der Waals surface area (Å²) < 4.78 is 22.1. The number of rotatable bonds is 39. The molecule has 1 aliphatic heterocycles. The number of hydrogen-bond acceptors (Lipinski definition) is 10. The third-order valence-electron chi connectivity index (χ3n) is 10.7. The van der Waals surface area contributed by atoms with Gasteiger partial charge in [-0.25, -0.2) is 0 Å². The van der Waals surface area contributed by atoms with Crippen molar-refractivity contribution in [3.05, 3.63) is 48.6 Å². The van der Waals surface area contributed by atoms with Gasteiger partial charge < -0.3 is 39.4 Å². The monoisotopic (exact) mass is 835 g/mol. The molecule has 342 valence electrons. The fraction of sp³-hybridized carbons (Fsp3) is 0.796. The number of carbonyl (C=O) groups is 2. The molecule has 0 bridgehead atoms. The highest BCUT2D eigenvalue weighted by Crippen LogP contribution is 2.22. The first-order chi connectivity index (χ1) is 28.8. The third-order valence-corrected chi connectivity index (χ3v) is 10.7. The van der Waals surface area contributed by atoms with Gasteiger partial charge in [0.15, 0.2) is 12.4 Å².